The molecule has 4 heteroatoms. The van der Waals surface area contributed by atoms with E-state index in [1.807, 2.05) is 12.1 Å². The Labute approximate surface area is 123 Å². The molecule has 1 aromatic heterocycles. The van der Waals surface area contributed by atoms with Crippen molar-refractivity contribution in [2.75, 3.05) is 30.8 Å². The van der Waals surface area contributed by atoms with Crippen molar-refractivity contribution in [3.05, 3.63) is 12.1 Å². The molecule has 0 bridgehead atoms. The van der Waals surface area contributed by atoms with Crippen LogP contribution in [0, 0.1) is 11.8 Å². The summed E-state index contributed by atoms with van der Waals surface area (Å²) in [6.45, 7) is 10.9. The third-order valence-electron chi connectivity index (χ3n) is 3.34. The highest BCUT2D eigenvalue weighted by molar-refractivity contribution is 5.63. The molecule has 20 heavy (non-hydrogen) atoms. The van der Waals surface area contributed by atoms with Crippen molar-refractivity contribution < 1.29 is 4.74 Å². The van der Waals surface area contributed by atoms with Crippen LogP contribution in [0.3, 0.4) is 0 Å². The first kappa shape index (κ1) is 16.6. The number of rotatable bonds is 8. The van der Waals surface area contributed by atoms with Gasteiger partial charge in [-0.15, -0.1) is 0 Å². The highest BCUT2D eigenvalue weighted by atomic mass is 16.5. The fourth-order valence-corrected chi connectivity index (χ4v) is 1.96. The number of nitrogen functional groups attached to an aromatic ring is 1. The van der Waals surface area contributed by atoms with Gasteiger partial charge in [-0.3, -0.25) is 0 Å². The van der Waals surface area contributed by atoms with Crippen LogP contribution in [-0.2, 0) is 0 Å². The predicted octanol–water partition coefficient (Wildman–Crippen LogP) is 3.57. The summed E-state index contributed by atoms with van der Waals surface area (Å²) in [5.41, 5.74) is 6.82. The monoisotopic (exact) mass is 279 g/mol. The summed E-state index contributed by atoms with van der Waals surface area (Å²) in [6.07, 6.45) is 2.27. The number of hydrogen-bond donors (Lipinski definition) is 1. The Balaban J connectivity index is 2.89. The number of aromatic nitrogens is 1. The van der Waals surface area contributed by atoms with Crippen LogP contribution in [0.4, 0.5) is 11.5 Å². The van der Waals surface area contributed by atoms with Crippen LogP contribution in [0.15, 0.2) is 12.1 Å². The van der Waals surface area contributed by atoms with Crippen molar-refractivity contribution in [2.24, 2.45) is 11.8 Å². The first-order valence-corrected chi connectivity index (χ1v) is 7.49. The van der Waals surface area contributed by atoms with E-state index in [9.17, 15) is 0 Å². The van der Waals surface area contributed by atoms with E-state index in [1.54, 1.807) is 7.11 Å². The van der Waals surface area contributed by atoms with Crippen molar-refractivity contribution in [1.29, 1.82) is 0 Å². The van der Waals surface area contributed by atoms with E-state index in [-0.39, 0.29) is 0 Å². The quantitative estimate of drug-likeness (QED) is 0.790. The molecule has 0 aliphatic rings. The summed E-state index contributed by atoms with van der Waals surface area (Å²) in [5.74, 6) is 2.81. The lowest BCUT2D eigenvalue weighted by Gasteiger charge is -2.26. The Hall–Kier alpha value is -1.45. The number of nitrogens with zero attached hydrogens (tertiary/aromatic N) is 2. The fraction of sp³-hybridized carbons (Fsp3) is 0.688. The zero-order valence-corrected chi connectivity index (χ0v) is 13.5. The molecule has 0 aromatic carbocycles. The summed E-state index contributed by atoms with van der Waals surface area (Å²) in [6, 6.07) is 3.68. The van der Waals surface area contributed by atoms with Gasteiger partial charge in [-0.2, -0.15) is 4.98 Å². The highest BCUT2D eigenvalue weighted by Crippen LogP contribution is 2.25. The number of methoxy groups -OCH3 is 1. The minimum absolute atomic E-state index is 0.619. The van der Waals surface area contributed by atoms with Gasteiger partial charge in [0.1, 0.15) is 0 Å². The van der Waals surface area contributed by atoms with Crippen LogP contribution in [0.2, 0.25) is 0 Å². The maximum Gasteiger partial charge on any atom is 0.215 e. The molecule has 0 atom stereocenters. The Morgan fingerprint density at radius 1 is 1.10 bits per heavy atom. The lowest BCUT2D eigenvalue weighted by atomic mass is 10.1. The second kappa shape index (κ2) is 7.98. The largest absolute Gasteiger partial charge is 0.481 e. The minimum atomic E-state index is 0.619. The first-order valence-electron chi connectivity index (χ1n) is 7.49. The highest BCUT2D eigenvalue weighted by Gasteiger charge is 2.14. The number of hydrogen-bond acceptors (Lipinski definition) is 4. The number of pyridine rings is 1. The smallest absolute Gasteiger partial charge is 0.215 e. The summed E-state index contributed by atoms with van der Waals surface area (Å²) in [7, 11) is 1.63. The molecule has 4 nitrogen and oxygen atoms in total. The zero-order chi connectivity index (χ0) is 15.1. The van der Waals surface area contributed by atoms with Crippen molar-refractivity contribution in [2.45, 2.75) is 40.5 Å². The predicted molar refractivity (Wildman–Crippen MR) is 86.3 cm³/mol. The average Bonchev–Trinajstić information content (AvgIpc) is 2.39. The van der Waals surface area contributed by atoms with E-state index in [0.717, 1.165) is 37.4 Å². The van der Waals surface area contributed by atoms with E-state index < -0.39 is 0 Å². The maximum absolute atomic E-state index is 6.10. The molecular weight excluding hydrogens is 250 g/mol. The van der Waals surface area contributed by atoms with E-state index in [4.69, 9.17) is 10.5 Å². The number of anilines is 2. The molecule has 0 aliphatic carbocycles. The zero-order valence-electron chi connectivity index (χ0n) is 13.5. The van der Waals surface area contributed by atoms with Crippen LogP contribution in [0.1, 0.15) is 40.5 Å². The average molecular weight is 279 g/mol. The summed E-state index contributed by atoms with van der Waals surface area (Å²) >= 11 is 0. The lowest BCUT2D eigenvalue weighted by molar-refractivity contribution is 0.397. The second-order valence-electron chi connectivity index (χ2n) is 6.12. The Morgan fingerprint density at radius 2 is 1.65 bits per heavy atom. The normalized spacial score (nSPS) is 11.2. The fourth-order valence-electron chi connectivity index (χ4n) is 1.96. The summed E-state index contributed by atoms with van der Waals surface area (Å²) < 4.78 is 5.22. The summed E-state index contributed by atoms with van der Waals surface area (Å²) in [5, 5.41) is 0. The molecule has 1 rings (SSSR count). The standard InChI is InChI=1S/C16H29N3O/c1-12(2)8-10-19(11-9-13(3)4)16-14(17)6-7-15(18-16)20-5/h6-7,12-13H,8-11,17H2,1-5H3. The Kier molecular flexibility index (Phi) is 6.62. The van der Waals surface area contributed by atoms with Crippen LogP contribution < -0.4 is 15.4 Å². The molecule has 0 radical (unpaired) electrons. The van der Waals surface area contributed by atoms with E-state index >= 15 is 0 Å². The SMILES string of the molecule is COc1ccc(N)c(N(CCC(C)C)CCC(C)C)n1. The van der Waals surface area contributed by atoms with E-state index in [1.165, 1.54) is 0 Å². The van der Waals surface area contributed by atoms with Crippen molar-refractivity contribution in [1.82, 2.24) is 4.98 Å². The Bertz CT molecular complexity index is 393. The molecule has 0 spiro atoms. The van der Waals surface area contributed by atoms with Gasteiger partial charge in [0.25, 0.3) is 0 Å². The molecule has 2 N–H and O–H groups in total. The first-order chi connectivity index (χ1) is 9.43. The summed E-state index contributed by atoms with van der Waals surface area (Å²) in [4.78, 5) is 6.82. The van der Waals surface area contributed by atoms with Gasteiger partial charge in [-0.25, -0.2) is 0 Å². The van der Waals surface area contributed by atoms with Crippen molar-refractivity contribution in [3.63, 3.8) is 0 Å². The molecule has 0 aliphatic heterocycles. The number of ether oxygens (including phenoxy) is 1. The maximum atomic E-state index is 6.10. The van der Waals surface area contributed by atoms with Crippen molar-refractivity contribution in [3.8, 4) is 5.88 Å². The van der Waals surface area contributed by atoms with Crippen LogP contribution in [0.25, 0.3) is 0 Å². The molecular formula is C16H29N3O. The molecule has 114 valence electrons. The van der Waals surface area contributed by atoms with Gasteiger partial charge in [0.2, 0.25) is 5.88 Å². The third-order valence-corrected chi connectivity index (χ3v) is 3.34. The van der Waals surface area contributed by atoms with Crippen molar-refractivity contribution >= 4 is 11.5 Å². The van der Waals surface area contributed by atoms with Gasteiger partial charge in [0, 0.05) is 19.2 Å². The molecule has 0 unspecified atom stereocenters. The number of nitrogens with two attached hydrogens (primary N) is 1. The van der Waals surface area contributed by atoms with Gasteiger partial charge in [0.15, 0.2) is 5.82 Å². The van der Waals surface area contributed by atoms with Gasteiger partial charge in [0.05, 0.1) is 12.8 Å². The lowest BCUT2D eigenvalue weighted by Crippen LogP contribution is -2.29. The second-order valence-corrected chi connectivity index (χ2v) is 6.12. The van der Waals surface area contributed by atoms with Crippen LogP contribution in [-0.4, -0.2) is 25.2 Å². The van der Waals surface area contributed by atoms with Gasteiger partial charge < -0.3 is 15.4 Å². The molecule has 1 aromatic rings. The van der Waals surface area contributed by atoms with Crippen LogP contribution >= 0.6 is 0 Å². The third kappa shape index (κ3) is 5.27. The van der Waals surface area contributed by atoms with Gasteiger partial charge in [-0.1, -0.05) is 27.7 Å². The van der Waals surface area contributed by atoms with E-state index in [0.29, 0.717) is 17.7 Å². The minimum Gasteiger partial charge on any atom is -0.481 e. The molecule has 0 saturated heterocycles. The molecule has 0 amide bonds. The molecule has 0 saturated carbocycles. The van der Waals surface area contributed by atoms with E-state index in [2.05, 4.69) is 37.6 Å². The topological polar surface area (TPSA) is 51.4 Å². The molecule has 0 fully saturated rings. The van der Waals surface area contributed by atoms with Gasteiger partial charge >= 0.3 is 0 Å². The Morgan fingerprint density at radius 3 is 2.10 bits per heavy atom. The van der Waals surface area contributed by atoms with Crippen LogP contribution in [0.5, 0.6) is 5.88 Å². The van der Waals surface area contributed by atoms with Gasteiger partial charge in [-0.05, 0) is 30.7 Å². The molecule has 1 heterocycles.